The summed E-state index contributed by atoms with van der Waals surface area (Å²) in [7, 11) is 1.65. The van der Waals surface area contributed by atoms with E-state index in [-0.39, 0.29) is 24.0 Å². The number of guanidine groups is 1. The fourth-order valence-electron chi connectivity index (χ4n) is 2.34. The van der Waals surface area contributed by atoms with E-state index in [1.807, 2.05) is 43.3 Å². The summed E-state index contributed by atoms with van der Waals surface area (Å²) in [5, 5.41) is 17.3. The van der Waals surface area contributed by atoms with Gasteiger partial charge in [-0.3, -0.25) is 0 Å². The number of benzene rings is 2. The molecular formula is C19H25ClIN3O2. The Kier molecular flexibility index (Phi) is 10.4. The van der Waals surface area contributed by atoms with Gasteiger partial charge in [0.05, 0.1) is 19.8 Å². The number of ether oxygens (including phenoxy) is 1. The number of aliphatic hydroxyl groups is 1. The van der Waals surface area contributed by atoms with Crippen molar-refractivity contribution in [3.05, 3.63) is 64.7 Å². The lowest BCUT2D eigenvalue weighted by Gasteiger charge is -2.16. The van der Waals surface area contributed by atoms with Gasteiger partial charge in [-0.2, -0.15) is 0 Å². The van der Waals surface area contributed by atoms with Gasteiger partial charge in [-0.15, -0.1) is 24.0 Å². The fraction of sp³-hybridized carbons (Fsp3) is 0.316. The van der Waals surface area contributed by atoms with Crippen LogP contribution in [0.2, 0.25) is 5.02 Å². The molecule has 2 rings (SSSR count). The van der Waals surface area contributed by atoms with E-state index >= 15 is 0 Å². The van der Waals surface area contributed by atoms with E-state index in [1.165, 1.54) is 0 Å². The summed E-state index contributed by atoms with van der Waals surface area (Å²) in [5.41, 5.74) is 1.80. The van der Waals surface area contributed by atoms with Gasteiger partial charge >= 0.3 is 0 Å². The van der Waals surface area contributed by atoms with Crippen molar-refractivity contribution in [2.45, 2.75) is 19.6 Å². The Labute approximate surface area is 176 Å². The van der Waals surface area contributed by atoms with Crippen molar-refractivity contribution in [2.24, 2.45) is 4.99 Å². The molecule has 0 saturated carbocycles. The Bertz CT molecular complexity index is 695. The van der Waals surface area contributed by atoms with Gasteiger partial charge in [-0.1, -0.05) is 41.9 Å². The molecule has 3 N–H and O–H groups in total. The average Bonchev–Trinajstić information content (AvgIpc) is 2.64. The maximum Gasteiger partial charge on any atom is 0.191 e. The Hall–Kier alpha value is -1.51. The van der Waals surface area contributed by atoms with E-state index in [9.17, 15) is 5.11 Å². The molecule has 0 amide bonds. The summed E-state index contributed by atoms with van der Waals surface area (Å²) in [6.07, 6.45) is -0.646. The van der Waals surface area contributed by atoms with Crippen molar-refractivity contribution in [1.29, 1.82) is 0 Å². The zero-order valence-electron chi connectivity index (χ0n) is 14.9. The first-order chi connectivity index (χ1) is 12.1. The highest BCUT2D eigenvalue weighted by molar-refractivity contribution is 14.0. The van der Waals surface area contributed by atoms with E-state index in [1.54, 1.807) is 19.2 Å². The molecule has 0 radical (unpaired) electrons. The van der Waals surface area contributed by atoms with Crippen molar-refractivity contribution in [2.75, 3.05) is 20.2 Å². The Morgan fingerprint density at radius 1 is 1.15 bits per heavy atom. The molecule has 0 aromatic heterocycles. The number of para-hydroxylation sites is 1. The predicted octanol–water partition coefficient (Wildman–Crippen LogP) is 3.76. The van der Waals surface area contributed by atoms with Crippen molar-refractivity contribution < 1.29 is 9.84 Å². The van der Waals surface area contributed by atoms with E-state index in [0.717, 1.165) is 23.4 Å². The molecular weight excluding hydrogens is 465 g/mol. The third-order valence-corrected chi connectivity index (χ3v) is 3.91. The number of hydrogen-bond donors (Lipinski definition) is 3. The van der Waals surface area contributed by atoms with Crippen LogP contribution in [0, 0.1) is 0 Å². The molecule has 0 aliphatic carbocycles. The van der Waals surface area contributed by atoms with Gasteiger partial charge in [0.2, 0.25) is 0 Å². The second kappa shape index (κ2) is 12.0. The van der Waals surface area contributed by atoms with Crippen LogP contribution in [0.5, 0.6) is 5.75 Å². The topological polar surface area (TPSA) is 65.9 Å². The highest BCUT2D eigenvalue weighted by Crippen LogP contribution is 2.18. The Morgan fingerprint density at radius 2 is 1.85 bits per heavy atom. The van der Waals surface area contributed by atoms with Crippen LogP contribution in [0.1, 0.15) is 24.2 Å². The van der Waals surface area contributed by atoms with Crippen LogP contribution in [0.4, 0.5) is 0 Å². The molecule has 0 bridgehead atoms. The van der Waals surface area contributed by atoms with Crippen molar-refractivity contribution in [3.63, 3.8) is 0 Å². The predicted molar refractivity (Wildman–Crippen MR) is 118 cm³/mol. The summed E-state index contributed by atoms with van der Waals surface area (Å²) < 4.78 is 5.34. The fourth-order valence-corrected chi connectivity index (χ4v) is 2.46. The highest BCUT2D eigenvalue weighted by atomic mass is 127. The standard InChI is InChI=1S/C19H24ClN3O2.HI/c1-3-21-19(22-12-15-6-4-5-7-18(15)25-2)23-13-17(24)14-8-10-16(20)11-9-14;/h4-11,17,24H,3,12-13H2,1-2H3,(H2,21,22,23);1H. The first-order valence-corrected chi connectivity index (χ1v) is 8.59. The molecule has 0 aliphatic rings. The third kappa shape index (κ3) is 7.01. The zero-order chi connectivity index (χ0) is 18.1. The molecule has 1 atom stereocenters. The van der Waals surface area contributed by atoms with Crippen molar-refractivity contribution >= 4 is 41.5 Å². The molecule has 0 heterocycles. The van der Waals surface area contributed by atoms with Crippen LogP contribution in [-0.4, -0.2) is 31.3 Å². The van der Waals surface area contributed by atoms with Gasteiger partial charge in [-0.05, 0) is 30.7 Å². The van der Waals surface area contributed by atoms with Crippen LogP contribution in [-0.2, 0) is 6.54 Å². The number of aliphatic imine (C=N–C) groups is 1. The number of aliphatic hydroxyl groups excluding tert-OH is 1. The Balaban J connectivity index is 0.00000338. The van der Waals surface area contributed by atoms with Gasteiger partial charge < -0.3 is 20.5 Å². The van der Waals surface area contributed by atoms with Gasteiger partial charge in [0, 0.05) is 23.7 Å². The lowest BCUT2D eigenvalue weighted by atomic mass is 10.1. The maximum absolute atomic E-state index is 10.3. The molecule has 0 aliphatic heterocycles. The maximum atomic E-state index is 10.3. The lowest BCUT2D eigenvalue weighted by Crippen LogP contribution is -2.39. The molecule has 0 fully saturated rings. The van der Waals surface area contributed by atoms with Crippen LogP contribution in [0.3, 0.4) is 0 Å². The van der Waals surface area contributed by atoms with Crippen LogP contribution < -0.4 is 15.4 Å². The average molecular weight is 490 g/mol. The van der Waals surface area contributed by atoms with E-state index in [2.05, 4.69) is 15.6 Å². The molecule has 0 saturated heterocycles. The van der Waals surface area contributed by atoms with Crippen LogP contribution in [0.15, 0.2) is 53.5 Å². The zero-order valence-corrected chi connectivity index (χ0v) is 18.0. The Morgan fingerprint density at radius 3 is 2.50 bits per heavy atom. The van der Waals surface area contributed by atoms with Crippen LogP contribution in [0.25, 0.3) is 0 Å². The number of rotatable bonds is 7. The van der Waals surface area contributed by atoms with E-state index in [0.29, 0.717) is 24.1 Å². The third-order valence-electron chi connectivity index (χ3n) is 3.66. The number of methoxy groups -OCH3 is 1. The first-order valence-electron chi connectivity index (χ1n) is 8.21. The largest absolute Gasteiger partial charge is 0.496 e. The van der Waals surface area contributed by atoms with Gasteiger partial charge in [-0.25, -0.2) is 4.99 Å². The van der Waals surface area contributed by atoms with E-state index < -0.39 is 6.10 Å². The second-order valence-corrected chi connectivity index (χ2v) is 5.89. The summed E-state index contributed by atoms with van der Waals surface area (Å²) in [5.74, 6) is 1.45. The highest BCUT2D eigenvalue weighted by Gasteiger charge is 2.09. The summed E-state index contributed by atoms with van der Waals surface area (Å²) in [4.78, 5) is 4.55. The molecule has 26 heavy (non-hydrogen) atoms. The summed E-state index contributed by atoms with van der Waals surface area (Å²) >= 11 is 5.87. The molecule has 7 heteroatoms. The monoisotopic (exact) mass is 489 g/mol. The lowest BCUT2D eigenvalue weighted by molar-refractivity contribution is 0.181. The minimum atomic E-state index is -0.646. The van der Waals surface area contributed by atoms with E-state index in [4.69, 9.17) is 16.3 Å². The molecule has 2 aromatic rings. The molecule has 5 nitrogen and oxygen atoms in total. The minimum absolute atomic E-state index is 0. The molecule has 142 valence electrons. The molecule has 2 aromatic carbocycles. The summed E-state index contributed by atoms with van der Waals surface area (Å²) in [6, 6.07) is 14.9. The number of nitrogens with zero attached hydrogens (tertiary/aromatic N) is 1. The quantitative estimate of drug-likeness (QED) is 0.315. The summed E-state index contributed by atoms with van der Waals surface area (Å²) in [6.45, 7) is 3.56. The number of hydrogen-bond acceptors (Lipinski definition) is 3. The minimum Gasteiger partial charge on any atom is -0.496 e. The smallest absolute Gasteiger partial charge is 0.191 e. The van der Waals surface area contributed by atoms with Crippen molar-refractivity contribution in [3.8, 4) is 5.75 Å². The molecule has 0 spiro atoms. The second-order valence-electron chi connectivity index (χ2n) is 5.46. The normalized spacial score (nSPS) is 12.1. The van der Waals surface area contributed by atoms with Gasteiger partial charge in [0.15, 0.2) is 5.96 Å². The number of halogens is 2. The first kappa shape index (κ1) is 22.5. The number of nitrogens with one attached hydrogen (secondary N) is 2. The van der Waals surface area contributed by atoms with Gasteiger partial charge in [0.25, 0.3) is 0 Å². The van der Waals surface area contributed by atoms with Crippen LogP contribution >= 0.6 is 35.6 Å². The van der Waals surface area contributed by atoms with Crippen molar-refractivity contribution in [1.82, 2.24) is 10.6 Å². The van der Waals surface area contributed by atoms with Gasteiger partial charge in [0.1, 0.15) is 5.75 Å². The molecule has 1 unspecified atom stereocenters. The SMILES string of the molecule is CCNC(=NCc1ccccc1OC)NCC(O)c1ccc(Cl)cc1.I.